The summed E-state index contributed by atoms with van der Waals surface area (Å²) in [5.74, 6) is -1.33. The fourth-order valence-corrected chi connectivity index (χ4v) is 6.76. The Labute approximate surface area is 356 Å². The molecule has 0 rings (SSSR count). The maximum absolute atomic E-state index is 10.3. The molecular weight excluding hydrogens is 705 g/mol. The first-order valence-electron chi connectivity index (χ1n) is 25.0. The summed E-state index contributed by atoms with van der Waals surface area (Å²) in [6.45, 7) is 10.9. The van der Waals surface area contributed by atoms with Crippen LogP contribution in [0.2, 0.25) is 0 Å². The van der Waals surface area contributed by atoms with Crippen molar-refractivity contribution in [2.24, 2.45) is 5.73 Å². The Balaban J connectivity index is -0.000000771. The molecule has 57 heavy (non-hydrogen) atoms. The van der Waals surface area contributed by atoms with Crippen LogP contribution in [-0.4, -0.2) is 41.3 Å². The SMILES string of the molecule is CCCCCCCC/C=C\CCCCCCCC(=O)O.CCCCCCCC/C=C\CCCCCCCC(=O)O.CCCCCCCCCCCCNCC(C)N. The van der Waals surface area contributed by atoms with Crippen molar-refractivity contribution in [2.45, 2.75) is 278 Å². The number of allylic oxidation sites excluding steroid dienone is 4. The van der Waals surface area contributed by atoms with E-state index in [0.29, 0.717) is 12.8 Å². The number of hydrogen-bond acceptors (Lipinski definition) is 4. The minimum absolute atomic E-state index is 0.290. The monoisotopic (exact) mass is 807 g/mol. The minimum Gasteiger partial charge on any atom is -0.481 e. The highest BCUT2D eigenvalue weighted by Gasteiger charge is 1.98. The number of aliphatic carboxylic acids is 2. The van der Waals surface area contributed by atoms with Gasteiger partial charge < -0.3 is 21.3 Å². The third-order valence-electron chi connectivity index (χ3n) is 10.5. The van der Waals surface area contributed by atoms with Gasteiger partial charge in [0.15, 0.2) is 0 Å². The molecule has 6 nitrogen and oxygen atoms in total. The topological polar surface area (TPSA) is 113 Å². The predicted molar refractivity (Wildman–Crippen MR) is 253 cm³/mol. The van der Waals surface area contributed by atoms with Crippen molar-refractivity contribution in [1.29, 1.82) is 0 Å². The van der Waals surface area contributed by atoms with E-state index in [-0.39, 0.29) is 6.04 Å². The Morgan fingerprint density at radius 3 is 0.930 bits per heavy atom. The summed E-state index contributed by atoms with van der Waals surface area (Å²) in [4.78, 5) is 20.6. The highest BCUT2D eigenvalue weighted by molar-refractivity contribution is 5.66. The first kappa shape index (κ1) is 59.7. The van der Waals surface area contributed by atoms with Crippen LogP contribution < -0.4 is 11.1 Å². The summed E-state index contributed by atoms with van der Waals surface area (Å²) in [7, 11) is 0. The van der Waals surface area contributed by atoms with Crippen LogP contribution in [0, 0.1) is 0 Å². The molecule has 0 saturated carbocycles. The van der Waals surface area contributed by atoms with Gasteiger partial charge in [0.1, 0.15) is 0 Å². The van der Waals surface area contributed by atoms with Crippen LogP contribution in [0.1, 0.15) is 272 Å². The summed E-state index contributed by atoms with van der Waals surface area (Å²) in [6, 6.07) is 0.290. The normalized spacial score (nSPS) is 11.7. The zero-order valence-electron chi connectivity index (χ0n) is 39.0. The van der Waals surface area contributed by atoms with E-state index in [2.05, 4.69) is 50.4 Å². The largest absolute Gasteiger partial charge is 0.481 e. The van der Waals surface area contributed by atoms with Gasteiger partial charge in [-0.05, 0) is 84.1 Å². The molecule has 0 aliphatic carbocycles. The molecular formula is C51H102N2O4. The number of carboxylic acids is 2. The van der Waals surface area contributed by atoms with Crippen LogP contribution >= 0.6 is 0 Å². The standard InChI is InChI=1S/2C18H34O2.C15H34N2/c2*1-2-3-4-5-6-7-8-9-10-11-12-13-14-15-16-17-18(19)20;1-3-4-5-6-7-8-9-10-11-12-13-17-14-15(2)16/h2*9-10H,2-8,11-17H2,1H3,(H,19,20);15,17H,3-14,16H2,1-2H3/b2*10-9-;. The number of carbonyl (C=O) groups is 2. The average molecular weight is 807 g/mol. The maximum Gasteiger partial charge on any atom is 0.303 e. The molecule has 0 aromatic heterocycles. The maximum atomic E-state index is 10.3. The summed E-state index contributed by atoms with van der Waals surface area (Å²) >= 11 is 0. The van der Waals surface area contributed by atoms with E-state index in [0.717, 1.165) is 38.8 Å². The van der Waals surface area contributed by atoms with Gasteiger partial charge in [-0.2, -0.15) is 0 Å². The first-order valence-corrected chi connectivity index (χ1v) is 25.0. The van der Waals surface area contributed by atoms with Crippen molar-refractivity contribution in [1.82, 2.24) is 5.32 Å². The molecule has 0 spiro atoms. The Hall–Kier alpha value is -1.66. The molecule has 0 fully saturated rings. The Morgan fingerprint density at radius 1 is 0.421 bits per heavy atom. The van der Waals surface area contributed by atoms with Crippen LogP contribution in [0.5, 0.6) is 0 Å². The average Bonchev–Trinajstić information content (AvgIpc) is 3.18. The fourth-order valence-electron chi connectivity index (χ4n) is 6.76. The second kappa shape index (κ2) is 56.4. The van der Waals surface area contributed by atoms with Gasteiger partial charge in [-0.25, -0.2) is 0 Å². The Bertz CT molecular complexity index is 763. The molecule has 0 radical (unpaired) electrons. The van der Waals surface area contributed by atoms with E-state index in [4.69, 9.17) is 15.9 Å². The van der Waals surface area contributed by atoms with Crippen molar-refractivity contribution in [3.8, 4) is 0 Å². The van der Waals surface area contributed by atoms with Gasteiger partial charge >= 0.3 is 11.9 Å². The second-order valence-corrected chi connectivity index (χ2v) is 16.8. The van der Waals surface area contributed by atoms with E-state index >= 15 is 0 Å². The lowest BCUT2D eigenvalue weighted by Gasteiger charge is -2.07. The van der Waals surface area contributed by atoms with Crippen molar-refractivity contribution >= 4 is 11.9 Å². The number of unbranched alkanes of at least 4 members (excludes halogenated alkanes) is 31. The Morgan fingerprint density at radius 2 is 0.667 bits per heavy atom. The number of nitrogens with two attached hydrogens (primary N) is 1. The van der Waals surface area contributed by atoms with Gasteiger partial charge in [-0.1, -0.05) is 206 Å². The quantitative estimate of drug-likeness (QED) is 0.0361. The van der Waals surface area contributed by atoms with Crippen molar-refractivity contribution in [3.05, 3.63) is 24.3 Å². The fraction of sp³-hybridized carbons (Fsp3) is 0.882. The van der Waals surface area contributed by atoms with E-state index in [1.807, 2.05) is 6.92 Å². The van der Waals surface area contributed by atoms with E-state index in [1.165, 1.54) is 205 Å². The molecule has 0 aliphatic heterocycles. The van der Waals surface area contributed by atoms with Crippen LogP contribution in [-0.2, 0) is 9.59 Å². The van der Waals surface area contributed by atoms with E-state index in [9.17, 15) is 9.59 Å². The van der Waals surface area contributed by atoms with Crippen molar-refractivity contribution in [2.75, 3.05) is 13.1 Å². The zero-order valence-corrected chi connectivity index (χ0v) is 39.0. The lowest BCUT2D eigenvalue weighted by atomic mass is 10.1. The van der Waals surface area contributed by atoms with Crippen molar-refractivity contribution in [3.63, 3.8) is 0 Å². The van der Waals surface area contributed by atoms with Gasteiger partial charge in [0.05, 0.1) is 0 Å². The Kier molecular flexibility index (Phi) is 59.1. The molecule has 5 N–H and O–H groups in total. The third-order valence-corrected chi connectivity index (χ3v) is 10.5. The molecule has 0 heterocycles. The van der Waals surface area contributed by atoms with Gasteiger partial charge in [0, 0.05) is 25.4 Å². The number of rotatable bonds is 43. The molecule has 6 heteroatoms. The van der Waals surface area contributed by atoms with Crippen LogP contribution in [0.15, 0.2) is 24.3 Å². The second-order valence-electron chi connectivity index (χ2n) is 16.8. The number of nitrogens with one attached hydrogen (secondary N) is 1. The molecule has 0 aromatic carbocycles. The molecule has 0 aromatic rings. The van der Waals surface area contributed by atoms with Crippen LogP contribution in [0.25, 0.3) is 0 Å². The molecule has 0 bridgehead atoms. The molecule has 0 aliphatic rings. The predicted octanol–water partition coefficient (Wildman–Crippen LogP) is 16.1. The third kappa shape index (κ3) is 69.3. The number of hydrogen-bond donors (Lipinski definition) is 4. The zero-order chi connectivity index (χ0) is 42.6. The summed E-state index contributed by atoms with van der Waals surface area (Å²) in [5.41, 5.74) is 5.66. The highest BCUT2D eigenvalue weighted by Crippen LogP contribution is 2.12. The molecule has 1 unspecified atom stereocenters. The lowest BCUT2D eigenvalue weighted by molar-refractivity contribution is -0.138. The number of carboxylic acid groups (broad SMARTS) is 2. The summed E-state index contributed by atoms with van der Waals surface area (Å²) in [5, 5.41) is 20.4. The van der Waals surface area contributed by atoms with E-state index in [1.54, 1.807) is 0 Å². The summed E-state index contributed by atoms with van der Waals surface area (Å²) < 4.78 is 0. The molecule has 1 atom stereocenters. The highest BCUT2D eigenvalue weighted by atomic mass is 16.4. The van der Waals surface area contributed by atoms with Gasteiger partial charge in [0.25, 0.3) is 0 Å². The molecule has 340 valence electrons. The van der Waals surface area contributed by atoms with Gasteiger partial charge in [-0.15, -0.1) is 0 Å². The smallest absolute Gasteiger partial charge is 0.303 e. The lowest BCUT2D eigenvalue weighted by Crippen LogP contribution is -2.31. The van der Waals surface area contributed by atoms with Gasteiger partial charge in [0.2, 0.25) is 0 Å². The van der Waals surface area contributed by atoms with Crippen LogP contribution in [0.4, 0.5) is 0 Å². The van der Waals surface area contributed by atoms with Crippen LogP contribution in [0.3, 0.4) is 0 Å². The minimum atomic E-state index is -0.664. The first-order chi connectivity index (χ1) is 27.8. The molecule has 0 amide bonds. The van der Waals surface area contributed by atoms with Crippen molar-refractivity contribution < 1.29 is 19.8 Å². The van der Waals surface area contributed by atoms with Gasteiger partial charge in [-0.3, -0.25) is 9.59 Å². The van der Waals surface area contributed by atoms with E-state index < -0.39 is 11.9 Å². The summed E-state index contributed by atoms with van der Waals surface area (Å²) in [6.07, 6.45) is 56.6. The molecule has 0 saturated heterocycles.